The summed E-state index contributed by atoms with van der Waals surface area (Å²) in [6.07, 6.45) is 5.13. The predicted octanol–water partition coefficient (Wildman–Crippen LogP) is 6.82. The lowest BCUT2D eigenvalue weighted by Gasteiger charge is -2.03. The Morgan fingerprint density at radius 1 is 0.943 bits per heavy atom. The van der Waals surface area contributed by atoms with Gasteiger partial charge in [-0.3, -0.25) is 4.79 Å². The molecule has 0 N–H and O–H groups in total. The lowest BCUT2D eigenvalue weighted by molar-refractivity contribution is -0.140. The summed E-state index contributed by atoms with van der Waals surface area (Å²) in [6.45, 7) is 8.48. The molecule has 8 heteroatoms. The topological polar surface area (TPSA) is 101 Å². The second kappa shape index (κ2) is 17.1. The van der Waals surface area contributed by atoms with E-state index in [-0.39, 0.29) is 5.97 Å². The number of aromatic nitrogens is 2. The summed E-state index contributed by atoms with van der Waals surface area (Å²) in [7, 11) is 2.72. The van der Waals surface area contributed by atoms with E-state index in [2.05, 4.69) is 62.5 Å². The first-order valence-electron chi connectivity index (χ1n) is 11.9. The second-order valence-corrected chi connectivity index (χ2v) is 7.86. The molecule has 0 aliphatic carbocycles. The number of methoxy groups -OCH3 is 2. The number of rotatable bonds is 8. The molecule has 35 heavy (non-hydrogen) atoms. The van der Waals surface area contributed by atoms with Gasteiger partial charge in [-0.2, -0.15) is 4.98 Å². The van der Waals surface area contributed by atoms with E-state index < -0.39 is 6.16 Å². The zero-order chi connectivity index (χ0) is 26.1. The maximum absolute atomic E-state index is 10.5. The smallest absolute Gasteiger partial charge is 0.469 e. The third kappa shape index (κ3) is 11.5. The Kier molecular flexibility index (Phi) is 14.5. The van der Waals surface area contributed by atoms with Crippen LogP contribution in [0.15, 0.2) is 40.9 Å². The highest BCUT2D eigenvalue weighted by Gasteiger charge is 2.09. The van der Waals surface area contributed by atoms with Gasteiger partial charge in [0, 0.05) is 18.9 Å². The van der Waals surface area contributed by atoms with E-state index in [1.165, 1.54) is 25.2 Å². The van der Waals surface area contributed by atoms with Crippen molar-refractivity contribution in [3.05, 3.63) is 47.9 Å². The number of esters is 1. The number of fused-ring (bicyclic) bond motifs is 1. The SMILES string of the molecule is CCCCCC(=O)OC.CCCCOC(=O)OC.Cc1ccc2c(-c3noc(C)n3)cccc2c1. The van der Waals surface area contributed by atoms with Crippen molar-refractivity contribution in [1.29, 1.82) is 0 Å². The Hall–Kier alpha value is -3.42. The normalized spacial score (nSPS) is 9.89. The van der Waals surface area contributed by atoms with Gasteiger partial charge in [-0.1, -0.05) is 80.2 Å². The van der Waals surface area contributed by atoms with Crippen LogP contribution < -0.4 is 0 Å². The molecule has 0 atom stereocenters. The molecule has 3 rings (SSSR count). The van der Waals surface area contributed by atoms with Gasteiger partial charge < -0.3 is 18.7 Å². The molecule has 0 aliphatic rings. The van der Waals surface area contributed by atoms with E-state index in [1.807, 2.05) is 19.1 Å². The van der Waals surface area contributed by atoms with Crippen molar-refractivity contribution in [2.45, 2.75) is 66.2 Å². The molecule has 1 heterocycles. The van der Waals surface area contributed by atoms with Crippen molar-refractivity contribution in [1.82, 2.24) is 10.1 Å². The summed E-state index contributed by atoms with van der Waals surface area (Å²) in [6, 6.07) is 12.5. The van der Waals surface area contributed by atoms with E-state index in [0.29, 0.717) is 24.7 Å². The van der Waals surface area contributed by atoms with Crippen molar-refractivity contribution >= 4 is 22.9 Å². The van der Waals surface area contributed by atoms with Crippen molar-refractivity contribution in [2.24, 2.45) is 0 Å². The number of hydrogen-bond donors (Lipinski definition) is 0. The lowest BCUT2D eigenvalue weighted by Crippen LogP contribution is -2.04. The molecule has 0 aliphatic heterocycles. The van der Waals surface area contributed by atoms with Gasteiger partial charge in [-0.05, 0) is 30.5 Å². The van der Waals surface area contributed by atoms with Gasteiger partial charge in [0.25, 0.3) is 0 Å². The third-order valence-electron chi connectivity index (χ3n) is 4.90. The van der Waals surface area contributed by atoms with Gasteiger partial charge in [-0.25, -0.2) is 4.79 Å². The zero-order valence-corrected chi connectivity index (χ0v) is 21.8. The maximum Gasteiger partial charge on any atom is 0.507 e. The Labute approximate surface area is 208 Å². The average molecular weight is 487 g/mol. The molecule has 192 valence electrons. The minimum absolute atomic E-state index is 0.0940. The summed E-state index contributed by atoms with van der Waals surface area (Å²) in [5.41, 5.74) is 2.26. The maximum atomic E-state index is 10.5. The van der Waals surface area contributed by atoms with Crippen molar-refractivity contribution in [2.75, 3.05) is 20.8 Å². The number of unbranched alkanes of at least 4 members (excludes halogenated alkanes) is 3. The first-order valence-corrected chi connectivity index (χ1v) is 11.9. The minimum Gasteiger partial charge on any atom is -0.469 e. The molecule has 0 unspecified atom stereocenters. The molecule has 0 fully saturated rings. The van der Waals surface area contributed by atoms with E-state index in [1.54, 1.807) is 6.92 Å². The molecule has 8 nitrogen and oxygen atoms in total. The van der Waals surface area contributed by atoms with Crippen LogP contribution in [0.25, 0.3) is 22.2 Å². The van der Waals surface area contributed by atoms with Gasteiger partial charge in [0.2, 0.25) is 11.7 Å². The van der Waals surface area contributed by atoms with Gasteiger partial charge in [0.15, 0.2) is 0 Å². The highest BCUT2D eigenvalue weighted by molar-refractivity contribution is 5.95. The molecule has 0 saturated carbocycles. The fourth-order valence-corrected chi connectivity index (χ4v) is 2.99. The predicted molar refractivity (Wildman–Crippen MR) is 136 cm³/mol. The van der Waals surface area contributed by atoms with Crippen molar-refractivity contribution < 1.29 is 28.3 Å². The monoisotopic (exact) mass is 486 g/mol. The first-order chi connectivity index (χ1) is 16.9. The summed E-state index contributed by atoms with van der Waals surface area (Å²) < 4.78 is 18.3. The molecule has 1 aromatic heterocycles. The molecule has 0 saturated heterocycles. The van der Waals surface area contributed by atoms with Crippen LogP contribution in [0.3, 0.4) is 0 Å². The fraction of sp³-hybridized carbons (Fsp3) is 0.481. The van der Waals surface area contributed by atoms with E-state index in [4.69, 9.17) is 4.52 Å². The molecule has 0 spiro atoms. The Bertz CT molecular complexity index is 1010. The Balaban J connectivity index is 0.000000292. The molecule has 2 aromatic carbocycles. The second-order valence-electron chi connectivity index (χ2n) is 7.86. The van der Waals surface area contributed by atoms with Gasteiger partial charge in [0.05, 0.1) is 20.8 Å². The van der Waals surface area contributed by atoms with Gasteiger partial charge in [0.1, 0.15) is 0 Å². The summed E-state index contributed by atoms with van der Waals surface area (Å²) in [4.78, 5) is 25.0. The van der Waals surface area contributed by atoms with Crippen molar-refractivity contribution in [3.8, 4) is 11.4 Å². The molecule has 0 amide bonds. The lowest BCUT2D eigenvalue weighted by atomic mass is 10.0. The molecular formula is C27H38N2O6. The van der Waals surface area contributed by atoms with Crippen LogP contribution in [0.2, 0.25) is 0 Å². The van der Waals surface area contributed by atoms with E-state index in [9.17, 15) is 9.59 Å². The number of carbonyl (C=O) groups is 2. The largest absolute Gasteiger partial charge is 0.507 e. The number of aryl methyl sites for hydroxylation is 2. The zero-order valence-electron chi connectivity index (χ0n) is 21.8. The number of ether oxygens (including phenoxy) is 3. The minimum atomic E-state index is -0.594. The van der Waals surface area contributed by atoms with Gasteiger partial charge >= 0.3 is 12.1 Å². The highest BCUT2D eigenvalue weighted by Crippen LogP contribution is 2.27. The summed E-state index contributed by atoms with van der Waals surface area (Å²) >= 11 is 0. The number of hydrogen-bond acceptors (Lipinski definition) is 8. The van der Waals surface area contributed by atoms with Crippen LogP contribution in [0.4, 0.5) is 4.79 Å². The van der Waals surface area contributed by atoms with E-state index >= 15 is 0 Å². The van der Waals surface area contributed by atoms with Crippen LogP contribution in [0.5, 0.6) is 0 Å². The number of nitrogens with zero attached hydrogens (tertiary/aromatic N) is 2. The summed E-state index contributed by atoms with van der Waals surface area (Å²) in [5, 5.41) is 6.32. The Morgan fingerprint density at radius 3 is 2.29 bits per heavy atom. The summed E-state index contributed by atoms with van der Waals surface area (Å²) in [5.74, 6) is 1.14. The quantitative estimate of drug-likeness (QED) is 0.253. The van der Waals surface area contributed by atoms with Gasteiger partial charge in [-0.15, -0.1) is 0 Å². The standard InChI is InChI=1S/C14H12N2O.C7H14O2.C6H12O3/c1-9-6-7-12-11(8-9)4-3-5-13(12)14-15-10(2)17-16-14;1-3-4-5-6-7(8)9-2;1-3-4-5-9-6(7)8-2/h3-8H,1-2H3;3-6H2,1-2H3;3-5H2,1-2H3. The molecule has 3 aromatic rings. The average Bonchev–Trinajstić information content (AvgIpc) is 3.30. The van der Waals surface area contributed by atoms with Crippen LogP contribution >= 0.6 is 0 Å². The van der Waals surface area contributed by atoms with Crippen LogP contribution in [0.1, 0.15) is 63.8 Å². The van der Waals surface area contributed by atoms with Crippen LogP contribution in [-0.4, -0.2) is 43.1 Å². The van der Waals surface area contributed by atoms with Crippen LogP contribution in [0, 0.1) is 13.8 Å². The molecule has 0 bridgehead atoms. The van der Waals surface area contributed by atoms with Crippen molar-refractivity contribution in [3.63, 3.8) is 0 Å². The fourth-order valence-electron chi connectivity index (χ4n) is 2.99. The molecular weight excluding hydrogens is 448 g/mol. The number of carbonyl (C=O) groups excluding carboxylic acids is 2. The Morgan fingerprint density at radius 2 is 1.69 bits per heavy atom. The van der Waals surface area contributed by atoms with Crippen LogP contribution in [-0.2, 0) is 19.0 Å². The van der Waals surface area contributed by atoms with E-state index in [0.717, 1.165) is 43.1 Å². The third-order valence-corrected chi connectivity index (χ3v) is 4.90. The highest BCUT2D eigenvalue weighted by atomic mass is 16.7. The number of benzene rings is 2. The molecule has 0 radical (unpaired) electrons. The first kappa shape index (κ1) is 29.6.